The van der Waals surface area contributed by atoms with Crippen molar-refractivity contribution >= 4 is 18.6 Å². The summed E-state index contributed by atoms with van der Waals surface area (Å²) < 4.78 is 39.0. The van der Waals surface area contributed by atoms with Crippen LogP contribution in [0.25, 0.3) is 4.98 Å². The minimum Gasteiger partial charge on any atom is -0.418 e. The lowest BCUT2D eigenvalue weighted by Crippen LogP contribution is -2.02. The normalized spacial score (nSPS) is 10.1. The summed E-state index contributed by atoms with van der Waals surface area (Å²) >= 11 is 0. The van der Waals surface area contributed by atoms with Crippen molar-refractivity contribution in [2.75, 3.05) is 0 Å². The monoisotopic (exact) mass is 265 g/mol. The van der Waals surface area contributed by atoms with E-state index >= 15 is 0 Å². The van der Waals surface area contributed by atoms with E-state index < -0.39 is 12.2 Å². The summed E-state index contributed by atoms with van der Waals surface area (Å²) in [5, 5.41) is 19.1. The number of hydrogen-bond donors (Lipinski definition) is 0. The van der Waals surface area contributed by atoms with E-state index in [4.69, 9.17) is 5.39 Å². The SMILES string of the molecule is Cc1ccc([N+](=O)[O-])c(C)c1[N+]#N.F[B-](F)(F)F. The number of benzene rings is 1. The molecule has 1 aromatic rings. The fourth-order valence-electron chi connectivity index (χ4n) is 1.18. The van der Waals surface area contributed by atoms with Gasteiger partial charge in [0.1, 0.15) is 5.56 Å². The van der Waals surface area contributed by atoms with Gasteiger partial charge in [0, 0.05) is 11.6 Å². The first kappa shape index (κ1) is 15.8. The van der Waals surface area contributed by atoms with E-state index in [0.717, 1.165) is 0 Å². The van der Waals surface area contributed by atoms with E-state index in [1.54, 1.807) is 19.9 Å². The molecule has 0 aromatic heterocycles. The van der Waals surface area contributed by atoms with Gasteiger partial charge in [0.2, 0.25) is 5.39 Å². The first-order valence-corrected chi connectivity index (χ1v) is 4.55. The first-order chi connectivity index (χ1) is 8.07. The Labute approximate surface area is 99.3 Å². The van der Waals surface area contributed by atoms with Gasteiger partial charge in [-0.05, 0) is 19.9 Å². The van der Waals surface area contributed by atoms with Crippen molar-refractivity contribution in [1.82, 2.24) is 0 Å². The molecule has 0 atom stereocenters. The molecule has 0 spiro atoms. The van der Waals surface area contributed by atoms with Gasteiger partial charge in [-0.1, -0.05) is 0 Å². The standard InChI is InChI=1S/C8H8N3O2.BF4/c1-5-3-4-7(11(12)13)6(2)8(5)10-9;2-1(3,4)5/h3-4H,1-2H3;/q+1;-1. The van der Waals surface area contributed by atoms with Crippen LogP contribution in [0, 0.1) is 29.4 Å². The fourth-order valence-corrected chi connectivity index (χ4v) is 1.18. The average Bonchev–Trinajstić information content (AvgIpc) is 2.14. The van der Waals surface area contributed by atoms with Crippen LogP contribution in [0.2, 0.25) is 0 Å². The van der Waals surface area contributed by atoms with Crippen molar-refractivity contribution in [2.45, 2.75) is 13.8 Å². The molecular formula is C8H8BF4N3O2. The highest BCUT2D eigenvalue weighted by atomic mass is 19.5. The Morgan fingerprint density at radius 1 is 1.28 bits per heavy atom. The Bertz CT molecular complexity index is 492. The van der Waals surface area contributed by atoms with Crippen LogP contribution in [0.4, 0.5) is 28.6 Å². The number of halogens is 4. The molecule has 0 amide bonds. The van der Waals surface area contributed by atoms with Gasteiger partial charge >= 0.3 is 12.9 Å². The predicted molar refractivity (Wildman–Crippen MR) is 57.5 cm³/mol. The third-order valence-corrected chi connectivity index (χ3v) is 1.90. The van der Waals surface area contributed by atoms with Gasteiger partial charge in [-0.15, -0.1) is 0 Å². The molecule has 1 aromatic carbocycles. The minimum absolute atomic E-state index is 0.0293. The van der Waals surface area contributed by atoms with Crippen LogP contribution in [-0.2, 0) is 0 Å². The second-order valence-electron chi connectivity index (χ2n) is 3.23. The highest BCUT2D eigenvalue weighted by Crippen LogP contribution is 2.30. The zero-order chi connectivity index (χ0) is 14.5. The molecule has 0 saturated heterocycles. The largest absolute Gasteiger partial charge is 0.673 e. The maximum atomic E-state index is 10.5. The Morgan fingerprint density at radius 2 is 1.72 bits per heavy atom. The smallest absolute Gasteiger partial charge is 0.418 e. The van der Waals surface area contributed by atoms with E-state index in [-0.39, 0.29) is 11.4 Å². The minimum atomic E-state index is -6.00. The van der Waals surface area contributed by atoms with Crippen molar-refractivity contribution in [3.63, 3.8) is 0 Å². The third kappa shape index (κ3) is 5.24. The zero-order valence-electron chi connectivity index (χ0n) is 9.40. The molecule has 0 bridgehead atoms. The van der Waals surface area contributed by atoms with Crippen LogP contribution in [0.5, 0.6) is 0 Å². The van der Waals surface area contributed by atoms with E-state index in [9.17, 15) is 27.4 Å². The van der Waals surface area contributed by atoms with Gasteiger partial charge in [-0.3, -0.25) is 10.1 Å². The molecule has 5 nitrogen and oxygen atoms in total. The molecule has 0 fully saturated rings. The zero-order valence-corrected chi connectivity index (χ0v) is 9.40. The van der Waals surface area contributed by atoms with E-state index in [2.05, 4.69) is 4.98 Å². The number of aryl methyl sites for hydroxylation is 1. The van der Waals surface area contributed by atoms with Gasteiger partial charge in [0.05, 0.1) is 4.92 Å². The van der Waals surface area contributed by atoms with Crippen molar-refractivity contribution in [2.24, 2.45) is 0 Å². The Hall–Kier alpha value is -2.18. The van der Waals surface area contributed by atoms with E-state index in [1.807, 2.05) is 0 Å². The van der Waals surface area contributed by atoms with Crippen LogP contribution in [0.3, 0.4) is 0 Å². The first-order valence-electron chi connectivity index (χ1n) is 4.55. The maximum Gasteiger partial charge on any atom is 0.673 e. The Morgan fingerprint density at radius 3 is 2.06 bits per heavy atom. The van der Waals surface area contributed by atoms with E-state index in [0.29, 0.717) is 11.1 Å². The number of nitro groups is 1. The molecule has 18 heavy (non-hydrogen) atoms. The Balaban J connectivity index is 0.000000494. The number of rotatable bonds is 1. The highest BCUT2D eigenvalue weighted by Gasteiger charge is 2.23. The van der Waals surface area contributed by atoms with Crippen molar-refractivity contribution in [1.29, 1.82) is 5.39 Å². The summed E-state index contributed by atoms with van der Waals surface area (Å²) in [6.07, 6.45) is 0. The summed E-state index contributed by atoms with van der Waals surface area (Å²) in [6.45, 7) is 3.28. The second-order valence-corrected chi connectivity index (χ2v) is 3.23. The molecule has 0 radical (unpaired) electrons. The van der Waals surface area contributed by atoms with Gasteiger partial charge in [0.15, 0.2) is 4.98 Å². The summed E-state index contributed by atoms with van der Waals surface area (Å²) in [6, 6.07) is 2.96. The van der Waals surface area contributed by atoms with Gasteiger partial charge in [-0.2, -0.15) is 0 Å². The van der Waals surface area contributed by atoms with E-state index in [1.165, 1.54) is 6.07 Å². The van der Waals surface area contributed by atoms with Crippen molar-refractivity contribution in [3.05, 3.63) is 38.3 Å². The molecule has 0 unspecified atom stereocenters. The number of nitrogens with zero attached hydrogens (tertiary/aromatic N) is 3. The molecular weight excluding hydrogens is 257 g/mol. The molecule has 0 aliphatic rings. The topological polar surface area (TPSA) is 71.3 Å². The summed E-state index contributed by atoms with van der Waals surface area (Å²) in [5.74, 6) is 0. The van der Waals surface area contributed by atoms with Crippen molar-refractivity contribution in [3.8, 4) is 0 Å². The highest BCUT2D eigenvalue weighted by molar-refractivity contribution is 6.50. The fraction of sp³-hybridized carbons (Fsp3) is 0.250. The lowest BCUT2D eigenvalue weighted by atomic mass is 10.1. The molecule has 98 valence electrons. The summed E-state index contributed by atoms with van der Waals surface area (Å²) in [7, 11) is -6.00. The lowest BCUT2D eigenvalue weighted by molar-refractivity contribution is -0.385. The van der Waals surface area contributed by atoms with Crippen LogP contribution >= 0.6 is 0 Å². The summed E-state index contributed by atoms with van der Waals surface area (Å²) in [4.78, 5) is 13.0. The van der Waals surface area contributed by atoms with Crippen LogP contribution in [0.15, 0.2) is 12.1 Å². The second kappa shape index (κ2) is 5.95. The average molecular weight is 265 g/mol. The molecule has 0 aliphatic carbocycles. The predicted octanol–water partition coefficient (Wildman–Crippen LogP) is 4.00. The lowest BCUT2D eigenvalue weighted by Gasteiger charge is -1.94. The van der Waals surface area contributed by atoms with Gasteiger partial charge in [-0.25, -0.2) is 0 Å². The molecule has 0 aliphatic heterocycles. The van der Waals surface area contributed by atoms with Gasteiger partial charge in [0.25, 0.3) is 5.69 Å². The number of nitro benzene ring substituents is 1. The van der Waals surface area contributed by atoms with Crippen LogP contribution in [0.1, 0.15) is 11.1 Å². The molecule has 10 heteroatoms. The quantitative estimate of drug-likeness (QED) is 0.253. The van der Waals surface area contributed by atoms with Gasteiger partial charge < -0.3 is 17.3 Å². The third-order valence-electron chi connectivity index (χ3n) is 1.90. The Kier molecular flexibility index (Phi) is 5.23. The molecule has 1 rings (SSSR count). The summed E-state index contributed by atoms with van der Waals surface area (Å²) in [5.41, 5.74) is 1.34. The molecule has 0 saturated carbocycles. The maximum absolute atomic E-state index is 10.5. The number of diazo groups is 1. The van der Waals surface area contributed by atoms with Crippen LogP contribution < -0.4 is 0 Å². The molecule has 0 heterocycles. The van der Waals surface area contributed by atoms with Crippen LogP contribution in [-0.4, -0.2) is 12.2 Å². The number of hydrogen-bond acceptors (Lipinski definition) is 3. The molecule has 0 N–H and O–H groups in total. The van der Waals surface area contributed by atoms with Crippen molar-refractivity contribution < 1.29 is 22.2 Å².